The SMILES string of the molecule is CCC(C)(C)NC(=O)[C@@H](c1ccco1)N(C(=O)CNC(=O)c1cccs1)c1ccc(OC)cc1. The molecule has 8 nitrogen and oxygen atoms in total. The van der Waals surface area contributed by atoms with E-state index in [1.807, 2.05) is 20.8 Å². The highest BCUT2D eigenvalue weighted by Gasteiger charge is 2.36. The molecule has 2 N–H and O–H groups in total. The molecule has 0 fully saturated rings. The van der Waals surface area contributed by atoms with Gasteiger partial charge in [-0.25, -0.2) is 0 Å². The van der Waals surface area contributed by atoms with Gasteiger partial charge in [-0.2, -0.15) is 0 Å². The van der Waals surface area contributed by atoms with Gasteiger partial charge in [-0.05, 0) is 68.1 Å². The maximum atomic E-state index is 13.5. The van der Waals surface area contributed by atoms with E-state index < -0.39 is 23.4 Å². The molecule has 0 aliphatic rings. The van der Waals surface area contributed by atoms with Crippen LogP contribution in [0.2, 0.25) is 0 Å². The van der Waals surface area contributed by atoms with Gasteiger partial charge in [-0.1, -0.05) is 13.0 Å². The minimum atomic E-state index is -1.08. The number of nitrogens with one attached hydrogen (secondary N) is 2. The van der Waals surface area contributed by atoms with Gasteiger partial charge >= 0.3 is 0 Å². The number of thiophene rings is 1. The Morgan fingerprint density at radius 1 is 1.12 bits per heavy atom. The Morgan fingerprint density at radius 2 is 1.85 bits per heavy atom. The number of ether oxygens (including phenoxy) is 1. The predicted molar refractivity (Wildman–Crippen MR) is 131 cm³/mol. The summed E-state index contributed by atoms with van der Waals surface area (Å²) in [6.07, 6.45) is 2.15. The minimum Gasteiger partial charge on any atom is -0.497 e. The smallest absolute Gasteiger partial charge is 0.261 e. The van der Waals surface area contributed by atoms with Crippen molar-refractivity contribution in [3.05, 3.63) is 70.8 Å². The Morgan fingerprint density at radius 3 is 2.41 bits per heavy atom. The number of nitrogens with zero attached hydrogens (tertiary/aromatic N) is 1. The Bertz CT molecular complexity index is 1090. The molecule has 0 spiro atoms. The number of carbonyl (C=O) groups excluding carboxylic acids is 3. The average Bonchev–Trinajstić information content (AvgIpc) is 3.55. The number of anilines is 1. The highest BCUT2D eigenvalue weighted by atomic mass is 32.1. The fourth-order valence-corrected chi connectivity index (χ4v) is 3.87. The number of methoxy groups -OCH3 is 1. The molecule has 0 unspecified atom stereocenters. The maximum Gasteiger partial charge on any atom is 0.261 e. The lowest BCUT2D eigenvalue weighted by molar-refractivity contribution is -0.128. The van der Waals surface area contributed by atoms with E-state index >= 15 is 0 Å². The Hall–Kier alpha value is -3.59. The predicted octanol–water partition coefficient (Wildman–Crippen LogP) is 4.16. The molecule has 3 aromatic rings. The highest BCUT2D eigenvalue weighted by molar-refractivity contribution is 7.12. The number of furan rings is 1. The molecule has 1 aromatic carbocycles. The zero-order chi connectivity index (χ0) is 24.7. The van der Waals surface area contributed by atoms with E-state index in [4.69, 9.17) is 9.15 Å². The molecular formula is C25H29N3O5S. The van der Waals surface area contributed by atoms with Crippen LogP contribution in [0.3, 0.4) is 0 Å². The molecule has 3 rings (SSSR count). The van der Waals surface area contributed by atoms with Crippen molar-refractivity contribution in [3.63, 3.8) is 0 Å². The summed E-state index contributed by atoms with van der Waals surface area (Å²) < 4.78 is 10.8. The van der Waals surface area contributed by atoms with Crippen LogP contribution < -0.4 is 20.3 Å². The number of rotatable bonds is 10. The number of hydrogen-bond acceptors (Lipinski definition) is 6. The minimum absolute atomic E-state index is 0.301. The van der Waals surface area contributed by atoms with E-state index in [2.05, 4.69) is 10.6 Å². The molecule has 0 saturated carbocycles. The third-order valence-corrected chi connectivity index (χ3v) is 6.30. The van der Waals surface area contributed by atoms with Crippen molar-refractivity contribution in [3.8, 4) is 5.75 Å². The molecule has 3 amide bonds. The van der Waals surface area contributed by atoms with E-state index in [-0.39, 0.29) is 12.5 Å². The van der Waals surface area contributed by atoms with Crippen LogP contribution in [0.1, 0.15) is 48.7 Å². The van der Waals surface area contributed by atoms with Crippen molar-refractivity contribution in [1.29, 1.82) is 0 Å². The van der Waals surface area contributed by atoms with Crippen LogP contribution in [-0.4, -0.2) is 36.9 Å². The van der Waals surface area contributed by atoms with Crippen LogP contribution in [-0.2, 0) is 9.59 Å². The zero-order valence-electron chi connectivity index (χ0n) is 19.7. The van der Waals surface area contributed by atoms with Crippen LogP contribution in [0.4, 0.5) is 5.69 Å². The molecule has 0 bridgehead atoms. The van der Waals surface area contributed by atoms with Gasteiger partial charge in [-0.3, -0.25) is 19.3 Å². The van der Waals surface area contributed by atoms with E-state index in [0.717, 1.165) is 0 Å². The first-order chi connectivity index (χ1) is 16.3. The fraction of sp³-hybridized carbons (Fsp3) is 0.320. The molecule has 0 aliphatic carbocycles. The van der Waals surface area contributed by atoms with Crippen molar-refractivity contribution in [2.75, 3.05) is 18.6 Å². The summed E-state index contributed by atoms with van der Waals surface area (Å²) in [7, 11) is 1.55. The van der Waals surface area contributed by atoms with Gasteiger partial charge in [0.1, 0.15) is 11.5 Å². The summed E-state index contributed by atoms with van der Waals surface area (Å²) in [5.74, 6) is -0.313. The first kappa shape index (κ1) is 25.0. The molecule has 9 heteroatoms. The second-order valence-corrected chi connectivity index (χ2v) is 9.21. The fourth-order valence-electron chi connectivity index (χ4n) is 3.23. The van der Waals surface area contributed by atoms with Gasteiger partial charge in [0.05, 0.1) is 24.8 Å². The van der Waals surface area contributed by atoms with Crippen LogP contribution in [0.25, 0.3) is 0 Å². The third-order valence-electron chi connectivity index (χ3n) is 5.43. The van der Waals surface area contributed by atoms with E-state index in [9.17, 15) is 14.4 Å². The van der Waals surface area contributed by atoms with Crippen LogP contribution in [0, 0.1) is 0 Å². The number of carbonyl (C=O) groups is 3. The lowest BCUT2D eigenvalue weighted by atomic mass is 10.0. The molecular weight excluding hydrogens is 454 g/mol. The molecule has 0 saturated heterocycles. The monoisotopic (exact) mass is 483 g/mol. The maximum absolute atomic E-state index is 13.5. The van der Waals surface area contributed by atoms with Crippen molar-refractivity contribution >= 4 is 34.7 Å². The largest absolute Gasteiger partial charge is 0.497 e. The van der Waals surface area contributed by atoms with Crippen LogP contribution in [0.15, 0.2) is 64.6 Å². The van der Waals surface area contributed by atoms with E-state index in [1.54, 1.807) is 61.0 Å². The topological polar surface area (TPSA) is 101 Å². The van der Waals surface area contributed by atoms with Crippen molar-refractivity contribution in [1.82, 2.24) is 10.6 Å². The number of benzene rings is 1. The highest BCUT2D eigenvalue weighted by Crippen LogP contribution is 2.30. The molecule has 2 heterocycles. The van der Waals surface area contributed by atoms with Crippen molar-refractivity contribution in [2.24, 2.45) is 0 Å². The van der Waals surface area contributed by atoms with Crippen LogP contribution >= 0.6 is 11.3 Å². The Kier molecular flexibility index (Phi) is 8.12. The molecule has 0 aliphatic heterocycles. The standard InChI is InChI=1S/C25H29N3O5S/c1-5-25(2,3)27-24(31)22(19-8-6-14-33-19)28(17-10-12-18(32-4)13-11-17)21(29)16-26-23(30)20-9-7-15-34-20/h6-15,22H,5,16H2,1-4H3,(H,26,30)(H,27,31)/t22-/m1/s1. The van der Waals surface area contributed by atoms with Gasteiger partial charge in [0.25, 0.3) is 11.8 Å². The second-order valence-electron chi connectivity index (χ2n) is 8.27. The molecule has 0 radical (unpaired) electrons. The van der Waals surface area contributed by atoms with Gasteiger partial charge in [0.15, 0.2) is 6.04 Å². The van der Waals surface area contributed by atoms with E-state index in [0.29, 0.717) is 28.5 Å². The molecule has 1 atom stereocenters. The van der Waals surface area contributed by atoms with Gasteiger partial charge in [-0.15, -0.1) is 11.3 Å². The lowest BCUT2D eigenvalue weighted by Crippen LogP contribution is -2.52. The lowest BCUT2D eigenvalue weighted by Gasteiger charge is -2.33. The summed E-state index contributed by atoms with van der Waals surface area (Å²) in [5, 5.41) is 7.44. The third kappa shape index (κ3) is 6.05. The summed E-state index contributed by atoms with van der Waals surface area (Å²) >= 11 is 1.28. The first-order valence-electron chi connectivity index (χ1n) is 10.9. The van der Waals surface area contributed by atoms with Gasteiger partial charge in [0.2, 0.25) is 5.91 Å². The molecule has 34 heavy (non-hydrogen) atoms. The number of hydrogen-bond donors (Lipinski definition) is 2. The normalized spacial score (nSPS) is 12.0. The molecule has 180 valence electrons. The summed E-state index contributed by atoms with van der Waals surface area (Å²) in [5.41, 5.74) is -0.0359. The number of amides is 3. The summed E-state index contributed by atoms with van der Waals surface area (Å²) in [6.45, 7) is 5.48. The quantitative estimate of drug-likeness (QED) is 0.451. The second kappa shape index (κ2) is 11.0. The van der Waals surface area contributed by atoms with Gasteiger partial charge in [0, 0.05) is 11.2 Å². The summed E-state index contributed by atoms with van der Waals surface area (Å²) in [6, 6.07) is 12.4. The summed E-state index contributed by atoms with van der Waals surface area (Å²) in [4.78, 5) is 41.3. The average molecular weight is 484 g/mol. The van der Waals surface area contributed by atoms with Crippen molar-refractivity contribution in [2.45, 2.75) is 38.8 Å². The van der Waals surface area contributed by atoms with Crippen molar-refractivity contribution < 1.29 is 23.5 Å². The Balaban J connectivity index is 1.97. The Labute approximate surface area is 202 Å². The first-order valence-corrected chi connectivity index (χ1v) is 11.8. The van der Waals surface area contributed by atoms with Crippen LogP contribution in [0.5, 0.6) is 5.75 Å². The van der Waals surface area contributed by atoms with E-state index in [1.165, 1.54) is 22.5 Å². The zero-order valence-corrected chi connectivity index (χ0v) is 20.5. The van der Waals surface area contributed by atoms with Gasteiger partial charge < -0.3 is 19.8 Å². The molecule has 2 aromatic heterocycles.